The molecule has 0 spiro atoms. The van der Waals surface area contributed by atoms with Crippen LogP contribution in [0.1, 0.15) is 24.0 Å². The van der Waals surface area contributed by atoms with Crippen molar-refractivity contribution in [2.75, 3.05) is 18.4 Å². The summed E-state index contributed by atoms with van der Waals surface area (Å²) < 4.78 is 28.4. The number of anilines is 1. The fourth-order valence-electron chi connectivity index (χ4n) is 3.52. The van der Waals surface area contributed by atoms with Gasteiger partial charge in [0.05, 0.1) is 10.9 Å². The molecule has 0 bridgehead atoms. The van der Waals surface area contributed by atoms with Gasteiger partial charge in [-0.25, -0.2) is 8.42 Å². The third kappa shape index (κ3) is 4.97. The summed E-state index contributed by atoms with van der Waals surface area (Å²) in [6.07, 6.45) is 1.21. The Morgan fingerprint density at radius 3 is 2.48 bits per heavy atom. The Hall–Kier alpha value is -1.12. The van der Waals surface area contributed by atoms with Gasteiger partial charge in [-0.2, -0.15) is 4.31 Å². The molecule has 1 atom stereocenters. The van der Waals surface area contributed by atoms with Gasteiger partial charge in [-0.15, -0.1) is 0 Å². The van der Waals surface area contributed by atoms with Crippen LogP contribution >= 0.6 is 39.1 Å². The zero-order valence-electron chi connectivity index (χ0n) is 16.0. The molecular weight excluding hydrogens is 499 g/mol. The van der Waals surface area contributed by atoms with Crippen LogP contribution in [0.5, 0.6) is 0 Å². The zero-order valence-corrected chi connectivity index (χ0v) is 19.9. The topological polar surface area (TPSA) is 66.5 Å². The molecular formula is C20H21BrCl2N2O3S. The highest BCUT2D eigenvalue weighted by Gasteiger charge is 2.34. The van der Waals surface area contributed by atoms with E-state index in [2.05, 4.69) is 21.2 Å². The fraction of sp³-hybridized carbons (Fsp3) is 0.350. The van der Waals surface area contributed by atoms with Crippen LogP contribution in [-0.2, 0) is 14.8 Å². The number of amides is 1. The molecule has 1 amide bonds. The van der Waals surface area contributed by atoms with Crippen LogP contribution in [0.2, 0.25) is 10.0 Å². The molecule has 0 aromatic heterocycles. The first-order chi connectivity index (χ1) is 13.6. The number of hydrogen-bond acceptors (Lipinski definition) is 3. The molecule has 1 heterocycles. The number of halogens is 3. The Morgan fingerprint density at radius 2 is 1.83 bits per heavy atom. The second-order valence-corrected chi connectivity index (χ2v) is 10.8. The third-order valence-electron chi connectivity index (χ3n) is 5.01. The summed E-state index contributed by atoms with van der Waals surface area (Å²) in [6.45, 7) is 4.29. The maximum atomic E-state index is 13.1. The molecule has 156 valence electrons. The summed E-state index contributed by atoms with van der Waals surface area (Å²) >= 11 is 15.5. The van der Waals surface area contributed by atoms with E-state index in [-0.39, 0.29) is 22.4 Å². The molecule has 1 saturated heterocycles. The molecule has 1 aliphatic heterocycles. The van der Waals surface area contributed by atoms with E-state index in [0.717, 1.165) is 21.3 Å². The molecule has 9 heteroatoms. The minimum Gasteiger partial charge on any atom is -0.325 e. The first-order valence-corrected chi connectivity index (χ1v) is 12.1. The molecule has 2 aromatic rings. The highest BCUT2D eigenvalue weighted by Crippen LogP contribution is 2.31. The molecule has 3 rings (SSSR count). The lowest BCUT2D eigenvalue weighted by molar-refractivity contribution is -0.120. The van der Waals surface area contributed by atoms with Crippen molar-refractivity contribution in [1.29, 1.82) is 0 Å². The molecule has 1 aliphatic rings. The number of piperidine rings is 1. The molecule has 2 aromatic carbocycles. The Balaban J connectivity index is 1.80. The summed E-state index contributed by atoms with van der Waals surface area (Å²) in [7, 11) is -3.85. The van der Waals surface area contributed by atoms with Crippen LogP contribution in [-0.4, -0.2) is 31.7 Å². The van der Waals surface area contributed by atoms with Crippen molar-refractivity contribution in [1.82, 2.24) is 4.31 Å². The maximum Gasteiger partial charge on any atom is 0.244 e. The predicted molar refractivity (Wildman–Crippen MR) is 120 cm³/mol. The van der Waals surface area contributed by atoms with Gasteiger partial charge in [0.2, 0.25) is 15.9 Å². The Bertz CT molecular complexity index is 1040. The van der Waals surface area contributed by atoms with Crippen LogP contribution in [0.15, 0.2) is 39.7 Å². The van der Waals surface area contributed by atoms with E-state index in [1.54, 1.807) is 0 Å². The second kappa shape index (κ2) is 8.94. The standard InChI is InChI=1S/C20H21BrCl2N2O3S/c1-12-8-15(21)9-13(2)19(12)24-20(26)14-4-3-7-25(11-14)29(27,28)18-10-16(22)5-6-17(18)23/h5-6,8-10,14H,3-4,7,11H2,1-2H3,(H,24,26)/t14-/m1/s1. The van der Waals surface area contributed by atoms with E-state index in [4.69, 9.17) is 23.2 Å². The molecule has 0 aliphatic carbocycles. The van der Waals surface area contributed by atoms with Gasteiger partial charge in [0.15, 0.2) is 0 Å². The van der Waals surface area contributed by atoms with Gasteiger partial charge in [-0.05, 0) is 68.1 Å². The molecule has 0 saturated carbocycles. The number of hydrogen-bond donors (Lipinski definition) is 1. The smallest absolute Gasteiger partial charge is 0.244 e. The second-order valence-electron chi connectivity index (χ2n) is 7.18. The number of nitrogens with zero attached hydrogens (tertiary/aromatic N) is 1. The van der Waals surface area contributed by atoms with Crippen molar-refractivity contribution in [2.24, 2.45) is 5.92 Å². The number of benzene rings is 2. The summed E-state index contributed by atoms with van der Waals surface area (Å²) in [6, 6.07) is 8.21. The molecule has 0 radical (unpaired) electrons. The van der Waals surface area contributed by atoms with E-state index < -0.39 is 15.9 Å². The summed E-state index contributed by atoms with van der Waals surface area (Å²) in [5.41, 5.74) is 2.64. The monoisotopic (exact) mass is 518 g/mol. The van der Waals surface area contributed by atoms with E-state index >= 15 is 0 Å². The number of aryl methyl sites for hydroxylation is 2. The maximum absolute atomic E-state index is 13.1. The lowest BCUT2D eigenvalue weighted by atomic mass is 9.98. The van der Waals surface area contributed by atoms with Gasteiger partial charge in [-0.3, -0.25) is 4.79 Å². The van der Waals surface area contributed by atoms with Gasteiger partial charge in [-0.1, -0.05) is 39.1 Å². The van der Waals surface area contributed by atoms with Crippen molar-refractivity contribution in [3.8, 4) is 0 Å². The van der Waals surface area contributed by atoms with Crippen molar-refractivity contribution in [3.63, 3.8) is 0 Å². The molecule has 5 nitrogen and oxygen atoms in total. The van der Waals surface area contributed by atoms with E-state index in [9.17, 15) is 13.2 Å². The summed E-state index contributed by atoms with van der Waals surface area (Å²) in [5, 5.41) is 3.38. The number of rotatable bonds is 4. The lowest BCUT2D eigenvalue weighted by Gasteiger charge is -2.31. The Labute approximate surface area is 189 Å². The number of carbonyl (C=O) groups excluding carboxylic acids is 1. The first-order valence-electron chi connectivity index (χ1n) is 9.12. The SMILES string of the molecule is Cc1cc(Br)cc(C)c1NC(=O)[C@@H]1CCCN(S(=O)(=O)c2cc(Cl)ccc2Cl)C1. The molecule has 29 heavy (non-hydrogen) atoms. The van der Waals surface area contributed by atoms with Crippen LogP contribution in [0.4, 0.5) is 5.69 Å². The first kappa shape index (κ1) is 22.6. The Morgan fingerprint density at radius 1 is 1.17 bits per heavy atom. The molecule has 0 unspecified atom stereocenters. The van der Waals surface area contributed by atoms with Crippen molar-refractivity contribution >= 4 is 60.7 Å². The quantitative estimate of drug-likeness (QED) is 0.587. The van der Waals surface area contributed by atoms with Gasteiger partial charge < -0.3 is 5.32 Å². The summed E-state index contributed by atoms with van der Waals surface area (Å²) in [5.74, 6) is -0.630. The van der Waals surface area contributed by atoms with Crippen molar-refractivity contribution < 1.29 is 13.2 Å². The lowest BCUT2D eigenvalue weighted by Crippen LogP contribution is -2.43. The highest BCUT2D eigenvalue weighted by molar-refractivity contribution is 9.10. The number of carbonyl (C=O) groups is 1. The van der Waals surface area contributed by atoms with Crippen molar-refractivity contribution in [2.45, 2.75) is 31.6 Å². The van der Waals surface area contributed by atoms with E-state index in [0.29, 0.717) is 24.4 Å². The highest BCUT2D eigenvalue weighted by atomic mass is 79.9. The zero-order chi connectivity index (χ0) is 21.3. The fourth-order valence-corrected chi connectivity index (χ4v) is 6.47. The van der Waals surface area contributed by atoms with Crippen molar-refractivity contribution in [3.05, 3.63) is 56.0 Å². The largest absolute Gasteiger partial charge is 0.325 e. The summed E-state index contributed by atoms with van der Waals surface area (Å²) in [4.78, 5) is 12.9. The minimum atomic E-state index is -3.85. The molecule has 1 N–H and O–H groups in total. The molecule has 1 fully saturated rings. The predicted octanol–water partition coefficient (Wildman–Crippen LogP) is 5.41. The van der Waals surface area contributed by atoms with Gasteiger partial charge in [0.1, 0.15) is 4.90 Å². The van der Waals surface area contributed by atoms with Gasteiger partial charge >= 0.3 is 0 Å². The number of sulfonamides is 1. The van der Waals surface area contributed by atoms with Crippen LogP contribution < -0.4 is 5.32 Å². The van der Waals surface area contributed by atoms with Crippen LogP contribution in [0, 0.1) is 19.8 Å². The average Bonchev–Trinajstić information content (AvgIpc) is 2.66. The van der Waals surface area contributed by atoms with Gasteiger partial charge in [0.25, 0.3) is 0 Å². The third-order valence-corrected chi connectivity index (χ3v) is 8.05. The van der Waals surface area contributed by atoms with Gasteiger partial charge in [0, 0.05) is 28.3 Å². The minimum absolute atomic E-state index is 0.0349. The van der Waals surface area contributed by atoms with E-state index in [1.807, 2.05) is 26.0 Å². The van der Waals surface area contributed by atoms with E-state index in [1.165, 1.54) is 22.5 Å². The van der Waals surface area contributed by atoms with Crippen LogP contribution in [0.3, 0.4) is 0 Å². The number of nitrogens with one attached hydrogen (secondary N) is 1. The van der Waals surface area contributed by atoms with Crippen LogP contribution in [0.25, 0.3) is 0 Å². The average molecular weight is 520 g/mol. The Kier molecular flexibility index (Phi) is 6.95. The normalized spacial score (nSPS) is 17.9.